The van der Waals surface area contributed by atoms with Gasteiger partial charge < -0.3 is 10.3 Å². The molecule has 0 aliphatic heterocycles. The summed E-state index contributed by atoms with van der Waals surface area (Å²) in [6, 6.07) is 14.6. The van der Waals surface area contributed by atoms with Gasteiger partial charge in [0.25, 0.3) is 0 Å². The molecule has 1 heterocycles. The van der Waals surface area contributed by atoms with Crippen molar-refractivity contribution in [1.82, 2.24) is 8.87 Å². The summed E-state index contributed by atoms with van der Waals surface area (Å²) in [6.07, 6.45) is 1.36. The average molecular weight is 438 g/mol. The van der Waals surface area contributed by atoms with Gasteiger partial charge in [-0.3, -0.25) is 0 Å². The zero-order valence-corrected chi connectivity index (χ0v) is 18.2. The number of sulfonamides is 1. The molecule has 2 aromatic carbocycles. The van der Waals surface area contributed by atoms with E-state index in [9.17, 15) is 12.8 Å². The lowest BCUT2D eigenvalue weighted by Gasteiger charge is -2.13. The highest BCUT2D eigenvalue weighted by Crippen LogP contribution is 2.36. The van der Waals surface area contributed by atoms with Gasteiger partial charge in [-0.05, 0) is 36.8 Å². The predicted octanol–water partition coefficient (Wildman–Crippen LogP) is 4.10. The molecular weight excluding hydrogens is 413 g/mol. The van der Waals surface area contributed by atoms with Crippen LogP contribution in [-0.4, -0.2) is 37.9 Å². The summed E-state index contributed by atoms with van der Waals surface area (Å²) in [5.41, 5.74) is 8.84. The van der Waals surface area contributed by atoms with Crippen molar-refractivity contribution in [2.75, 3.05) is 20.6 Å². The first kappa shape index (κ1) is 23.1. The Bertz CT molecular complexity index is 1150. The molecule has 1 aromatic heterocycles. The first-order valence-corrected chi connectivity index (χ1v) is 10.4. The molecule has 0 saturated carbocycles. The number of rotatable bonds is 6. The van der Waals surface area contributed by atoms with Crippen LogP contribution in [0.1, 0.15) is 5.69 Å². The number of benzene rings is 2. The van der Waals surface area contributed by atoms with Crippen LogP contribution in [0, 0.1) is 6.92 Å². The first-order chi connectivity index (χ1) is 13.3. The molecule has 156 valence electrons. The van der Waals surface area contributed by atoms with Crippen LogP contribution in [0.4, 0.5) is 4.39 Å². The van der Waals surface area contributed by atoms with Crippen molar-refractivity contribution in [3.8, 4) is 11.1 Å². The summed E-state index contributed by atoms with van der Waals surface area (Å²) < 4.78 is 42.3. The van der Waals surface area contributed by atoms with E-state index in [1.165, 1.54) is 24.5 Å². The lowest BCUT2D eigenvalue weighted by Crippen LogP contribution is -2.22. The van der Waals surface area contributed by atoms with Crippen molar-refractivity contribution in [2.24, 2.45) is 5.73 Å². The Morgan fingerprint density at radius 3 is 2.52 bits per heavy atom. The zero-order chi connectivity index (χ0) is 20.5. The van der Waals surface area contributed by atoms with Crippen LogP contribution in [0.25, 0.3) is 22.0 Å². The zero-order valence-electron chi connectivity index (χ0n) is 16.6. The predicted molar refractivity (Wildman–Crippen MR) is 118 cm³/mol. The van der Waals surface area contributed by atoms with Gasteiger partial charge in [-0.15, -0.1) is 12.4 Å². The quantitative estimate of drug-likeness (QED) is 0.631. The van der Waals surface area contributed by atoms with Crippen LogP contribution in [0.3, 0.4) is 0 Å². The summed E-state index contributed by atoms with van der Waals surface area (Å²) in [6.45, 7) is 2.14. The molecule has 0 unspecified atom stereocenters. The topological polar surface area (TPSA) is 68.3 Å². The second kappa shape index (κ2) is 9.09. The van der Waals surface area contributed by atoms with E-state index in [2.05, 4.69) is 0 Å². The molecule has 0 spiro atoms. The number of nitrogens with two attached hydrogens (primary N) is 1. The fourth-order valence-corrected chi connectivity index (χ4v) is 4.31. The Labute approximate surface area is 177 Å². The number of nitrogens with zero attached hydrogens (tertiary/aromatic N) is 2. The summed E-state index contributed by atoms with van der Waals surface area (Å²) in [5, 5.41) is 0.944. The molecule has 0 saturated heterocycles. The van der Waals surface area contributed by atoms with Gasteiger partial charge >= 0.3 is 0 Å². The van der Waals surface area contributed by atoms with Gasteiger partial charge in [0.05, 0.1) is 11.4 Å². The molecular formula is C21H25ClFN3O2S. The molecule has 5 nitrogen and oxygen atoms in total. The minimum absolute atomic E-state index is 0. The normalized spacial score (nSPS) is 12.4. The number of allylic oxidation sites excluding steroid dienone is 1. The average Bonchev–Trinajstić information content (AvgIpc) is 2.94. The fourth-order valence-electron chi connectivity index (χ4n) is 3.37. The van der Waals surface area contributed by atoms with E-state index in [1.807, 2.05) is 41.8 Å². The van der Waals surface area contributed by atoms with Crippen molar-refractivity contribution in [3.05, 3.63) is 66.1 Å². The van der Waals surface area contributed by atoms with Gasteiger partial charge in [-0.1, -0.05) is 30.3 Å². The SMILES string of the molecule is Cc1c(-c2cccc(S(=O)(=O)N(C)C)c2)c2ccccc2n1C/C(F)=C/CN.Cl. The van der Waals surface area contributed by atoms with E-state index in [4.69, 9.17) is 5.73 Å². The first-order valence-electron chi connectivity index (χ1n) is 8.92. The van der Waals surface area contributed by atoms with E-state index in [1.54, 1.807) is 18.2 Å². The van der Waals surface area contributed by atoms with Gasteiger partial charge in [0, 0.05) is 42.8 Å². The maximum Gasteiger partial charge on any atom is 0.242 e. The molecule has 0 aliphatic rings. The molecule has 3 aromatic rings. The number of hydrogen-bond donors (Lipinski definition) is 1. The monoisotopic (exact) mass is 437 g/mol. The molecule has 0 aliphatic carbocycles. The molecule has 0 fully saturated rings. The van der Waals surface area contributed by atoms with Gasteiger partial charge in [0.1, 0.15) is 5.83 Å². The highest BCUT2D eigenvalue weighted by Gasteiger charge is 2.20. The van der Waals surface area contributed by atoms with Crippen LogP contribution in [0.5, 0.6) is 0 Å². The van der Waals surface area contributed by atoms with Crippen molar-refractivity contribution < 1.29 is 12.8 Å². The number of para-hydroxylation sites is 1. The highest BCUT2D eigenvalue weighted by molar-refractivity contribution is 7.89. The van der Waals surface area contributed by atoms with E-state index < -0.39 is 10.0 Å². The van der Waals surface area contributed by atoms with Crippen molar-refractivity contribution in [1.29, 1.82) is 0 Å². The standard InChI is InChI=1S/C21H24FN3O2S.ClH/c1-15-21(16-7-6-8-18(13-16)28(26,27)24(2)3)19-9-4-5-10-20(19)25(15)14-17(22)11-12-23;/h4-11,13H,12,14,23H2,1-3H3;1H/b17-11-;. The molecule has 2 N–H and O–H groups in total. The second-order valence-electron chi connectivity index (χ2n) is 6.77. The molecule has 3 rings (SSSR count). The second-order valence-corrected chi connectivity index (χ2v) is 8.92. The van der Waals surface area contributed by atoms with Crippen LogP contribution >= 0.6 is 12.4 Å². The number of fused-ring (bicyclic) bond motifs is 1. The van der Waals surface area contributed by atoms with Crippen molar-refractivity contribution in [3.63, 3.8) is 0 Å². The minimum atomic E-state index is -3.55. The Morgan fingerprint density at radius 2 is 1.86 bits per heavy atom. The number of halogens is 2. The molecule has 0 atom stereocenters. The smallest absolute Gasteiger partial charge is 0.242 e. The van der Waals surface area contributed by atoms with E-state index in [0.717, 1.165) is 27.7 Å². The Hall–Kier alpha value is -2.19. The van der Waals surface area contributed by atoms with E-state index >= 15 is 0 Å². The van der Waals surface area contributed by atoms with Gasteiger partial charge in [0.2, 0.25) is 10.0 Å². The maximum atomic E-state index is 14.2. The third-order valence-electron chi connectivity index (χ3n) is 4.78. The van der Waals surface area contributed by atoms with Crippen LogP contribution in [-0.2, 0) is 16.6 Å². The number of aromatic nitrogens is 1. The summed E-state index contributed by atoms with van der Waals surface area (Å²) in [7, 11) is -0.538. The lowest BCUT2D eigenvalue weighted by molar-refractivity contribution is 0.521. The van der Waals surface area contributed by atoms with Crippen molar-refractivity contribution in [2.45, 2.75) is 18.4 Å². The largest absolute Gasteiger partial charge is 0.337 e. The molecule has 0 bridgehead atoms. The van der Waals surface area contributed by atoms with E-state index in [0.29, 0.717) is 0 Å². The molecule has 0 radical (unpaired) electrons. The van der Waals surface area contributed by atoms with Crippen LogP contribution in [0.15, 0.2) is 65.3 Å². The van der Waals surface area contributed by atoms with Gasteiger partial charge in [-0.25, -0.2) is 17.1 Å². The summed E-state index contributed by atoms with van der Waals surface area (Å²) >= 11 is 0. The Balaban J connectivity index is 0.00000300. The Kier molecular flexibility index (Phi) is 7.24. The van der Waals surface area contributed by atoms with Gasteiger partial charge in [0.15, 0.2) is 0 Å². The molecule has 0 amide bonds. The van der Waals surface area contributed by atoms with Crippen LogP contribution in [0.2, 0.25) is 0 Å². The molecule has 8 heteroatoms. The lowest BCUT2D eigenvalue weighted by atomic mass is 10.0. The third kappa shape index (κ3) is 4.38. The molecule has 29 heavy (non-hydrogen) atoms. The van der Waals surface area contributed by atoms with Crippen molar-refractivity contribution >= 4 is 33.3 Å². The highest BCUT2D eigenvalue weighted by atomic mass is 35.5. The third-order valence-corrected chi connectivity index (χ3v) is 6.59. The Morgan fingerprint density at radius 1 is 1.17 bits per heavy atom. The summed E-state index contributed by atoms with van der Waals surface area (Å²) in [4.78, 5) is 0.223. The summed E-state index contributed by atoms with van der Waals surface area (Å²) in [5.74, 6) is -0.304. The van der Waals surface area contributed by atoms with E-state index in [-0.39, 0.29) is 36.2 Å². The van der Waals surface area contributed by atoms with Gasteiger partial charge in [-0.2, -0.15) is 0 Å². The maximum absolute atomic E-state index is 14.2. The minimum Gasteiger partial charge on any atom is -0.337 e. The number of hydrogen-bond acceptors (Lipinski definition) is 3. The van der Waals surface area contributed by atoms with Crippen LogP contribution < -0.4 is 5.73 Å². The fraction of sp³-hybridized carbons (Fsp3) is 0.238.